The standard InChI is InChI=1S/C6H12O2/c1-3-7-6-5(2)4-8-6/h5-6H,3-4H2,1-2H3. The summed E-state index contributed by atoms with van der Waals surface area (Å²) in [5, 5.41) is 0. The third-order valence-corrected chi connectivity index (χ3v) is 1.32. The van der Waals surface area contributed by atoms with E-state index in [1.165, 1.54) is 0 Å². The van der Waals surface area contributed by atoms with Crippen molar-refractivity contribution >= 4 is 0 Å². The van der Waals surface area contributed by atoms with Gasteiger partial charge in [-0.3, -0.25) is 0 Å². The first-order chi connectivity index (χ1) is 3.84. The van der Waals surface area contributed by atoms with E-state index in [9.17, 15) is 0 Å². The van der Waals surface area contributed by atoms with E-state index in [-0.39, 0.29) is 6.29 Å². The highest BCUT2D eigenvalue weighted by Crippen LogP contribution is 2.19. The molecule has 2 unspecified atom stereocenters. The Hall–Kier alpha value is -0.0800. The predicted octanol–water partition coefficient (Wildman–Crippen LogP) is 1.02. The SMILES string of the molecule is CCOC1OCC1C. The third-order valence-electron chi connectivity index (χ3n) is 1.32. The minimum Gasteiger partial charge on any atom is -0.353 e. The van der Waals surface area contributed by atoms with Crippen LogP contribution >= 0.6 is 0 Å². The predicted molar refractivity (Wildman–Crippen MR) is 30.5 cm³/mol. The van der Waals surface area contributed by atoms with Gasteiger partial charge < -0.3 is 9.47 Å². The van der Waals surface area contributed by atoms with Gasteiger partial charge in [0.05, 0.1) is 6.61 Å². The zero-order chi connectivity index (χ0) is 5.98. The number of ether oxygens (including phenoxy) is 2. The van der Waals surface area contributed by atoms with Crippen molar-refractivity contribution in [3.63, 3.8) is 0 Å². The van der Waals surface area contributed by atoms with E-state index >= 15 is 0 Å². The van der Waals surface area contributed by atoms with E-state index in [1.807, 2.05) is 6.92 Å². The second-order valence-corrected chi connectivity index (χ2v) is 2.13. The number of hydrogen-bond acceptors (Lipinski definition) is 2. The van der Waals surface area contributed by atoms with E-state index in [4.69, 9.17) is 9.47 Å². The van der Waals surface area contributed by atoms with Gasteiger partial charge in [-0.15, -0.1) is 0 Å². The van der Waals surface area contributed by atoms with Gasteiger partial charge in [-0.1, -0.05) is 6.92 Å². The molecular weight excluding hydrogens is 104 g/mol. The van der Waals surface area contributed by atoms with Crippen LogP contribution in [0.15, 0.2) is 0 Å². The van der Waals surface area contributed by atoms with Gasteiger partial charge in [0.15, 0.2) is 6.29 Å². The lowest BCUT2D eigenvalue weighted by Gasteiger charge is -2.33. The van der Waals surface area contributed by atoms with Crippen LogP contribution in [0.3, 0.4) is 0 Å². The van der Waals surface area contributed by atoms with Gasteiger partial charge in [-0.25, -0.2) is 0 Å². The highest BCUT2D eigenvalue weighted by atomic mass is 16.7. The average Bonchev–Trinajstić information content (AvgIpc) is 1.79. The summed E-state index contributed by atoms with van der Waals surface area (Å²) in [6, 6.07) is 0. The summed E-state index contributed by atoms with van der Waals surface area (Å²) in [7, 11) is 0. The Bertz CT molecular complexity index is 72.9. The summed E-state index contributed by atoms with van der Waals surface area (Å²) < 4.78 is 10.2. The fraction of sp³-hybridized carbons (Fsp3) is 1.00. The van der Waals surface area contributed by atoms with Gasteiger partial charge in [0.25, 0.3) is 0 Å². The highest BCUT2D eigenvalue weighted by molar-refractivity contribution is 4.65. The van der Waals surface area contributed by atoms with Crippen molar-refractivity contribution in [3.05, 3.63) is 0 Å². The third kappa shape index (κ3) is 1.01. The molecule has 2 atom stereocenters. The van der Waals surface area contributed by atoms with E-state index in [0.717, 1.165) is 13.2 Å². The van der Waals surface area contributed by atoms with Crippen LogP contribution in [-0.4, -0.2) is 19.5 Å². The lowest BCUT2D eigenvalue weighted by atomic mass is 10.1. The quantitative estimate of drug-likeness (QED) is 0.536. The lowest BCUT2D eigenvalue weighted by Crippen LogP contribution is -2.39. The van der Waals surface area contributed by atoms with Crippen molar-refractivity contribution in [3.8, 4) is 0 Å². The van der Waals surface area contributed by atoms with Crippen molar-refractivity contribution < 1.29 is 9.47 Å². The van der Waals surface area contributed by atoms with Crippen LogP contribution in [0.1, 0.15) is 13.8 Å². The van der Waals surface area contributed by atoms with Crippen LogP contribution in [0.2, 0.25) is 0 Å². The Balaban J connectivity index is 2.08. The van der Waals surface area contributed by atoms with Crippen LogP contribution in [0, 0.1) is 5.92 Å². The van der Waals surface area contributed by atoms with Crippen LogP contribution < -0.4 is 0 Å². The molecule has 1 heterocycles. The Labute approximate surface area is 49.8 Å². The fourth-order valence-corrected chi connectivity index (χ4v) is 0.744. The molecule has 0 aromatic rings. The summed E-state index contributed by atoms with van der Waals surface area (Å²) in [5.74, 6) is 0.606. The smallest absolute Gasteiger partial charge is 0.162 e. The van der Waals surface area contributed by atoms with Crippen LogP contribution in [0.4, 0.5) is 0 Å². The van der Waals surface area contributed by atoms with E-state index in [1.54, 1.807) is 0 Å². The molecule has 0 radical (unpaired) electrons. The maximum atomic E-state index is 5.17. The summed E-state index contributed by atoms with van der Waals surface area (Å²) in [6.45, 7) is 5.73. The molecule has 2 nitrogen and oxygen atoms in total. The Morgan fingerprint density at radius 3 is 2.62 bits per heavy atom. The summed E-state index contributed by atoms with van der Waals surface area (Å²) in [5.41, 5.74) is 0. The monoisotopic (exact) mass is 116 g/mol. The molecule has 0 bridgehead atoms. The minimum atomic E-state index is 0.0972. The largest absolute Gasteiger partial charge is 0.353 e. The zero-order valence-corrected chi connectivity index (χ0v) is 5.39. The molecule has 1 aliphatic heterocycles. The van der Waals surface area contributed by atoms with Crippen molar-refractivity contribution in [2.75, 3.05) is 13.2 Å². The number of hydrogen-bond donors (Lipinski definition) is 0. The van der Waals surface area contributed by atoms with Crippen LogP contribution in [0.25, 0.3) is 0 Å². The summed E-state index contributed by atoms with van der Waals surface area (Å²) >= 11 is 0. The van der Waals surface area contributed by atoms with Gasteiger partial charge in [-0.05, 0) is 6.92 Å². The molecule has 0 saturated carbocycles. The van der Waals surface area contributed by atoms with Crippen molar-refractivity contribution in [1.29, 1.82) is 0 Å². The normalized spacial score (nSPS) is 36.8. The van der Waals surface area contributed by atoms with Gasteiger partial charge in [0.1, 0.15) is 0 Å². The van der Waals surface area contributed by atoms with Crippen molar-refractivity contribution in [2.45, 2.75) is 20.1 Å². The molecule has 0 aromatic carbocycles. The molecule has 1 rings (SSSR count). The van der Waals surface area contributed by atoms with Crippen LogP contribution in [0.5, 0.6) is 0 Å². The van der Waals surface area contributed by atoms with Gasteiger partial charge in [0, 0.05) is 12.5 Å². The molecule has 1 fully saturated rings. The van der Waals surface area contributed by atoms with Crippen LogP contribution in [-0.2, 0) is 9.47 Å². The van der Waals surface area contributed by atoms with Crippen molar-refractivity contribution in [2.24, 2.45) is 5.92 Å². The Kier molecular flexibility index (Phi) is 1.86. The molecule has 2 heteroatoms. The molecule has 0 N–H and O–H groups in total. The number of rotatable bonds is 2. The molecule has 0 spiro atoms. The molecule has 1 aliphatic rings. The maximum absolute atomic E-state index is 5.17. The van der Waals surface area contributed by atoms with Gasteiger partial charge in [-0.2, -0.15) is 0 Å². The van der Waals surface area contributed by atoms with Gasteiger partial charge in [0.2, 0.25) is 0 Å². The molecule has 0 aliphatic carbocycles. The van der Waals surface area contributed by atoms with E-state index in [0.29, 0.717) is 5.92 Å². The first kappa shape index (κ1) is 6.05. The van der Waals surface area contributed by atoms with Crippen molar-refractivity contribution in [1.82, 2.24) is 0 Å². The summed E-state index contributed by atoms with van der Waals surface area (Å²) in [6.07, 6.45) is 0.0972. The zero-order valence-electron chi connectivity index (χ0n) is 5.39. The molecule has 8 heavy (non-hydrogen) atoms. The average molecular weight is 116 g/mol. The first-order valence-corrected chi connectivity index (χ1v) is 3.07. The fourth-order valence-electron chi connectivity index (χ4n) is 0.744. The van der Waals surface area contributed by atoms with E-state index < -0.39 is 0 Å². The molecular formula is C6H12O2. The second kappa shape index (κ2) is 2.46. The molecule has 48 valence electrons. The first-order valence-electron chi connectivity index (χ1n) is 3.07. The minimum absolute atomic E-state index is 0.0972. The topological polar surface area (TPSA) is 18.5 Å². The van der Waals surface area contributed by atoms with E-state index in [2.05, 4.69) is 6.92 Å². The maximum Gasteiger partial charge on any atom is 0.162 e. The highest BCUT2D eigenvalue weighted by Gasteiger charge is 2.27. The summed E-state index contributed by atoms with van der Waals surface area (Å²) in [4.78, 5) is 0. The molecule has 1 saturated heterocycles. The van der Waals surface area contributed by atoms with Gasteiger partial charge >= 0.3 is 0 Å². The Morgan fingerprint density at radius 2 is 2.50 bits per heavy atom. The second-order valence-electron chi connectivity index (χ2n) is 2.13. The molecule has 0 aromatic heterocycles. The lowest BCUT2D eigenvalue weighted by molar-refractivity contribution is -0.251. The molecule has 0 amide bonds. The Morgan fingerprint density at radius 1 is 1.75 bits per heavy atom.